The molecule has 3 aromatic rings. The van der Waals surface area contributed by atoms with E-state index >= 15 is 0 Å². The summed E-state index contributed by atoms with van der Waals surface area (Å²) in [6.45, 7) is 0. The molecule has 0 N–H and O–H groups in total. The van der Waals surface area contributed by atoms with E-state index < -0.39 is 0 Å². The summed E-state index contributed by atoms with van der Waals surface area (Å²) in [4.78, 5) is 16.4. The highest BCUT2D eigenvalue weighted by Gasteiger charge is 2.09. The third-order valence-corrected chi connectivity index (χ3v) is 3.74. The highest BCUT2D eigenvalue weighted by Crippen LogP contribution is 2.23. The summed E-state index contributed by atoms with van der Waals surface area (Å²) >= 11 is 0. The normalized spacial score (nSPS) is 10.2. The molecule has 0 saturated carbocycles. The van der Waals surface area contributed by atoms with Crippen LogP contribution in [0.3, 0.4) is 0 Å². The Labute approximate surface area is 140 Å². The van der Waals surface area contributed by atoms with Crippen LogP contribution in [0.25, 0.3) is 5.69 Å². The molecule has 0 aliphatic heterocycles. The zero-order chi connectivity index (χ0) is 16.9. The van der Waals surface area contributed by atoms with Gasteiger partial charge in [-0.05, 0) is 41.5 Å². The van der Waals surface area contributed by atoms with Crippen molar-refractivity contribution in [2.45, 2.75) is 6.42 Å². The van der Waals surface area contributed by atoms with Gasteiger partial charge in [0.25, 0.3) is 5.56 Å². The van der Waals surface area contributed by atoms with E-state index in [-0.39, 0.29) is 5.56 Å². The zero-order valence-corrected chi connectivity index (χ0v) is 13.3. The third kappa shape index (κ3) is 3.21. The predicted octanol–water partition coefficient (Wildman–Crippen LogP) is 2.81. The Balaban J connectivity index is 2.06. The van der Waals surface area contributed by atoms with Crippen LogP contribution in [0.1, 0.15) is 16.8 Å². The number of aromatic nitrogens is 2. The molecule has 4 nitrogen and oxygen atoms in total. The highest BCUT2D eigenvalue weighted by molar-refractivity contribution is 5.48. The van der Waals surface area contributed by atoms with Gasteiger partial charge < -0.3 is 4.74 Å². The minimum Gasteiger partial charge on any atom is -0.497 e. The Bertz CT molecular complexity index is 950. The van der Waals surface area contributed by atoms with Crippen LogP contribution in [0.5, 0.6) is 5.75 Å². The quantitative estimate of drug-likeness (QED) is 0.695. The molecule has 2 heterocycles. The summed E-state index contributed by atoms with van der Waals surface area (Å²) in [5.74, 6) is 3.25. The average Bonchev–Trinajstić information content (AvgIpc) is 2.63. The molecule has 0 fully saturated rings. The van der Waals surface area contributed by atoms with Crippen LogP contribution in [0.2, 0.25) is 0 Å². The van der Waals surface area contributed by atoms with Crippen molar-refractivity contribution in [1.29, 1.82) is 0 Å². The molecule has 24 heavy (non-hydrogen) atoms. The third-order valence-electron chi connectivity index (χ3n) is 3.74. The average molecular weight is 316 g/mol. The van der Waals surface area contributed by atoms with Crippen LogP contribution in [0.4, 0.5) is 0 Å². The summed E-state index contributed by atoms with van der Waals surface area (Å²) in [7, 11) is 1.62. The smallest absolute Gasteiger partial charge is 0.255 e. The van der Waals surface area contributed by atoms with Gasteiger partial charge in [-0.1, -0.05) is 18.1 Å². The molecule has 3 rings (SSSR count). The fourth-order valence-electron chi connectivity index (χ4n) is 2.53. The van der Waals surface area contributed by atoms with E-state index in [1.165, 1.54) is 6.07 Å². The lowest BCUT2D eigenvalue weighted by Crippen LogP contribution is -2.17. The summed E-state index contributed by atoms with van der Waals surface area (Å²) < 4.78 is 6.94. The van der Waals surface area contributed by atoms with Crippen molar-refractivity contribution in [1.82, 2.24) is 9.55 Å². The van der Waals surface area contributed by atoms with E-state index in [2.05, 4.69) is 10.9 Å². The summed E-state index contributed by atoms with van der Waals surface area (Å²) in [5.41, 5.74) is 3.32. The van der Waals surface area contributed by atoms with Crippen LogP contribution >= 0.6 is 0 Å². The van der Waals surface area contributed by atoms with Gasteiger partial charge in [0, 0.05) is 24.9 Å². The first-order valence-corrected chi connectivity index (χ1v) is 7.48. The molecule has 1 aromatic carbocycles. The summed E-state index contributed by atoms with van der Waals surface area (Å²) in [5, 5.41) is 0. The Kier molecular flexibility index (Phi) is 4.44. The van der Waals surface area contributed by atoms with Gasteiger partial charge in [0.15, 0.2) is 0 Å². The molecular formula is C20H16N2O2. The Morgan fingerprint density at radius 2 is 2.08 bits per heavy atom. The Morgan fingerprint density at radius 1 is 1.21 bits per heavy atom. The largest absolute Gasteiger partial charge is 0.497 e. The van der Waals surface area contributed by atoms with Crippen LogP contribution in [-0.4, -0.2) is 16.7 Å². The Hall–Kier alpha value is -3.32. The van der Waals surface area contributed by atoms with E-state index in [1.807, 2.05) is 36.4 Å². The van der Waals surface area contributed by atoms with E-state index in [1.54, 1.807) is 30.1 Å². The van der Waals surface area contributed by atoms with E-state index in [0.29, 0.717) is 12.1 Å². The molecule has 0 saturated heterocycles. The molecule has 0 amide bonds. The maximum atomic E-state index is 12.2. The van der Waals surface area contributed by atoms with Crippen molar-refractivity contribution in [2.75, 3.05) is 7.11 Å². The van der Waals surface area contributed by atoms with Crippen molar-refractivity contribution in [2.24, 2.45) is 0 Å². The lowest BCUT2D eigenvalue weighted by atomic mass is 10.0. The molecule has 0 aliphatic rings. The number of hydrogen-bond acceptors (Lipinski definition) is 3. The van der Waals surface area contributed by atoms with Crippen LogP contribution in [0.15, 0.2) is 65.7 Å². The lowest BCUT2D eigenvalue weighted by Gasteiger charge is -2.13. The van der Waals surface area contributed by atoms with Gasteiger partial charge in [-0.25, -0.2) is 4.98 Å². The van der Waals surface area contributed by atoms with Gasteiger partial charge >= 0.3 is 0 Å². The second-order valence-electron chi connectivity index (χ2n) is 5.28. The van der Waals surface area contributed by atoms with Crippen molar-refractivity contribution < 1.29 is 4.74 Å². The lowest BCUT2D eigenvalue weighted by molar-refractivity contribution is 0.414. The predicted molar refractivity (Wildman–Crippen MR) is 93.6 cm³/mol. The molecular weight excluding hydrogens is 300 g/mol. The number of hydrogen-bond donors (Lipinski definition) is 0. The first-order valence-electron chi connectivity index (χ1n) is 7.48. The maximum Gasteiger partial charge on any atom is 0.255 e. The monoisotopic (exact) mass is 316 g/mol. The van der Waals surface area contributed by atoms with Crippen LogP contribution < -0.4 is 10.3 Å². The second kappa shape index (κ2) is 6.84. The number of benzene rings is 1. The summed E-state index contributed by atoms with van der Waals surface area (Å²) in [6.07, 6.45) is 9.47. The van der Waals surface area contributed by atoms with Gasteiger partial charge in [0.05, 0.1) is 12.8 Å². The molecule has 0 spiro atoms. The van der Waals surface area contributed by atoms with Crippen LogP contribution in [0, 0.1) is 12.3 Å². The molecule has 0 atom stereocenters. The SMILES string of the molecule is C#Cc1ccc(Cc2cc(OC)ccc2-n2ccccc2=O)cn1. The first kappa shape index (κ1) is 15.6. The van der Waals surface area contributed by atoms with Crippen molar-refractivity contribution in [3.63, 3.8) is 0 Å². The number of methoxy groups -OCH3 is 1. The first-order chi connectivity index (χ1) is 11.7. The van der Waals surface area contributed by atoms with Crippen LogP contribution in [-0.2, 0) is 6.42 Å². The molecule has 4 heteroatoms. The molecule has 0 unspecified atom stereocenters. The minimum atomic E-state index is -0.0790. The molecule has 0 aliphatic carbocycles. The van der Waals surface area contributed by atoms with E-state index in [4.69, 9.17) is 11.2 Å². The molecule has 0 radical (unpaired) electrons. The molecule has 118 valence electrons. The fourth-order valence-corrected chi connectivity index (χ4v) is 2.53. The van der Waals surface area contributed by atoms with Gasteiger partial charge in [0.2, 0.25) is 0 Å². The van der Waals surface area contributed by atoms with Gasteiger partial charge in [0.1, 0.15) is 11.4 Å². The summed E-state index contributed by atoms with van der Waals surface area (Å²) in [6, 6.07) is 14.5. The van der Waals surface area contributed by atoms with Crippen molar-refractivity contribution >= 4 is 0 Å². The number of nitrogens with zero attached hydrogens (tertiary/aromatic N) is 2. The van der Waals surface area contributed by atoms with Crippen molar-refractivity contribution in [3.8, 4) is 23.8 Å². The topological polar surface area (TPSA) is 44.1 Å². The van der Waals surface area contributed by atoms with Gasteiger partial charge in [-0.3, -0.25) is 9.36 Å². The Morgan fingerprint density at radius 3 is 2.75 bits per heavy atom. The fraction of sp³-hybridized carbons (Fsp3) is 0.100. The molecule has 0 bridgehead atoms. The van der Waals surface area contributed by atoms with Gasteiger partial charge in [-0.2, -0.15) is 0 Å². The van der Waals surface area contributed by atoms with Gasteiger partial charge in [-0.15, -0.1) is 6.42 Å². The van der Waals surface area contributed by atoms with Crippen molar-refractivity contribution in [3.05, 3.63) is 88.1 Å². The number of terminal acetylenes is 1. The highest BCUT2D eigenvalue weighted by atomic mass is 16.5. The number of pyridine rings is 2. The second-order valence-corrected chi connectivity index (χ2v) is 5.28. The van der Waals surface area contributed by atoms with E-state index in [0.717, 1.165) is 22.6 Å². The van der Waals surface area contributed by atoms with E-state index in [9.17, 15) is 4.79 Å². The zero-order valence-electron chi connectivity index (χ0n) is 13.3. The standard InChI is InChI=1S/C20H16N2O2/c1-3-17-8-7-15(14-21-17)12-16-13-18(24-2)9-10-19(16)22-11-5-4-6-20(22)23/h1,4-11,13-14H,12H2,2H3. The maximum absolute atomic E-state index is 12.2. The number of rotatable bonds is 4. The minimum absolute atomic E-state index is 0.0790. The molecule has 2 aromatic heterocycles. The number of ether oxygens (including phenoxy) is 1.